The van der Waals surface area contributed by atoms with Gasteiger partial charge in [0, 0.05) is 5.02 Å². The van der Waals surface area contributed by atoms with Crippen molar-refractivity contribution in [3.05, 3.63) is 49.9 Å². The summed E-state index contributed by atoms with van der Waals surface area (Å²) >= 11 is 24.0. The van der Waals surface area contributed by atoms with E-state index in [1.165, 1.54) is 0 Å². The Hall–Kier alpha value is -0.800. The van der Waals surface area contributed by atoms with Gasteiger partial charge in [0.25, 0.3) is 0 Å². The van der Waals surface area contributed by atoms with Gasteiger partial charge in [-0.25, -0.2) is 0 Å². The number of benzene rings is 2. The van der Waals surface area contributed by atoms with Gasteiger partial charge < -0.3 is 10.5 Å². The molecule has 2 rings (SSSR count). The van der Waals surface area contributed by atoms with Gasteiger partial charge in [-0.05, 0) is 36.8 Å². The number of ether oxygens (including phenoxy) is 1. The van der Waals surface area contributed by atoms with Gasteiger partial charge in [-0.1, -0.05) is 46.4 Å². The van der Waals surface area contributed by atoms with Crippen molar-refractivity contribution in [2.45, 2.75) is 6.92 Å². The van der Waals surface area contributed by atoms with Crippen LogP contribution >= 0.6 is 46.4 Å². The minimum Gasteiger partial charge on any atom is -0.454 e. The first-order valence-corrected chi connectivity index (χ1v) is 6.78. The summed E-state index contributed by atoms with van der Waals surface area (Å²) in [5.41, 5.74) is 6.98. The lowest BCUT2D eigenvalue weighted by molar-refractivity contribution is 0.483. The third kappa shape index (κ3) is 3.03. The molecule has 0 aromatic heterocycles. The Morgan fingerprint density at radius 3 is 2.26 bits per heavy atom. The number of nitrogen functional groups attached to an aromatic ring is 1. The molecule has 0 fully saturated rings. The molecule has 2 nitrogen and oxygen atoms in total. The van der Waals surface area contributed by atoms with Crippen LogP contribution in [0.5, 0.6) is 11.5 Å². The molecule has 0 saturated carbocycles. The van der Waals surface area contributed by atoms with Crippen LogP contribution in [0.3, 0.4) is 0 Å². The zero-order valence-corrected chi connectivity index (χ0v) is 12.8. The molecule has 0 heterocycles. The van der Waals surface area contributed by atoms with Crippen LogP contribution in [0.2, 0.25) is 20.1 Å². The van der Waals surface area contributed by atoms with Gasteiger partial charge >= 0.3 is 0 Å². The zero-order valence-electron chi connectivity index (χ0n) is 9.81. The number of anilines is 1. The smallest absolute Gasteiger partial charge is 0.148 e. The Bertz CT molecular complexity index is 643. The van der Waals surface area contributed by atoms with Crippen molar-refractivity contribution in [3.63, 3.8) is 0 Å². The van der Waals surface area contributed by atoms with Gasteiger partial charge in [0.1, 0.15) is 16.5 Å². The van der Waals surface area contributed by atoms with Gasteiger partial charge in [-0.15, -0.1) is 0 Å². The van der Waals surface area contributed by atoms with Crippen LogP contribution < -0.4 is 10.5 Å². The molecular formula is C13H9Cl4NO. The highest BCUT2D eigenvalue weighted by Gasteiger charge is 2.14. The van der Waals surface area contributed by atoms with E-state index in [1.54, 1.807) is 24.3 Å². The largest absolute Gasteiger partial charge is 0.454 e. The molecule has 0 spiro atoms. The maximum atomic E-state index is 6.10. The van der Waals surface area contributed by atoms with E-state index in [-0.39, 0.29) is 10.0 Å². The Labute approximate surface area is 131 Å². The molecule has 19 heavy (non-hydrogen) atoms. The number of aryl methyl sites for hydroxylation is 1. The Kier molecular flexibility index (Phi) is 4.36. The second-order valence-corrected chi connectivity index (χ2v) is 5.51. The lowest BCUT2D eigenvalue weighted by atomic mass is 10.2. The number of nitrogens with two attached hydrogens (primary N) is 1. The second-order valence-electron chi connectivity index (χ2n) is 3.91. The summed E-state index contributed by atoms with van der Waals surface area (Å²) in [6, 6.07) is 6.61. The fourth-order valence-corrected chi connectivity index (χ4v) is 2.37. The van der Waals surface area contributed by atoms with Gasteiger partial charge in [0.2, 0.25) is 0 Å². The summed E-state index contributed by atoms with van der Waals surface area (Å²) < 4.78 is 5.65. The fraction of sp³-hybridized carbons (Fsp3) is 0.0769. The molecular weight excluding hydrogens is 328 g/mol. The number of hydrogen-bond donors (Lipinski definition) is 1. The average Bonchev–Trinajstić information content (AvgIpc) is 2.36. The predicted octanol–water partition coefficient (Wildman–Crippen LogP) is 5.98. The van der Waals surface area contributed by atoms with Crippen molar-refractivity contribution in [2.75, 3.05) is 5.73 Å². The lowest BCUT2D eigenvalue weighted by Gasteiger charge is -2.13. The molecule has 0 aliphatic carbocycles. The third-order valence-electron chi connectivity index (χ3n) is 2.53. The van der Waals surface area contributed by atoms with Crippen LogP contribution in [0.4, 0.5) is 5.69 Å². The van der Waals surface area contributed by atoms with Crippen LogP contribution in [0.15, 0.2) is 24.3 Å². The summed E-state index contributed by atoms with van der Waals surface area (Å²) in [6.45, 7) is 1.81. The monoisotopic (exact) mass is 335 g/mol. The van der Waals surface area contributed by atoms with Crippen molar-refractivity contribution < 1.29 is 4.74 Å². The number of rotatable bonds is 2. The first kappa shape index (κ1) is 14.6. The molecule has 2 N–H and O–H groups in total. The molecule has 6 heteroatoms. The number of halogens is 4. The van der Waals surface area contributed by atoms with Crippen molar-refractivity contribution in [2.24, 2.45) is 0 Å². The molecule has 0 amide bonds. The van der Waals surface area contributed by atoms with E-state index in [0.29, 0.717) is 27.2 Å². The summed E-state index contributed by atoms with van der Waals surface area (Å²) in [5.74, 6) is 0.829. The Morgan fingerprint density at radius 1 is 0.947 bits per heavy atom. The first-order valence-electron chi connectivity index (χ1n) is 5.27. The van der Waals surface area contributed by atoms with E-state index in [1.807, 2.05) is 6.92 Å². The van der Waals surface area contributed by atoms with Gasteiger partial charge in [-0.2, -0.15) is 0 Å². The summed E-state index contributed by atoms with van der Waals surface area (Å²) in [7, 11) is 0. The van der Waals surface area contributed by atoms with Crippen LogP contribution in [0, 0.1) is 6.92 Å². The topological polar surface area (TPSA) is 35.2 Å². The summed E-state index contributed by atoms with van der Waals surface area (Å²) in [6.07, 6.45) is 0. The van der Waals surface area contributed by atoms with Gasteiger partial charge in [0.05, 0.1) is 15.7 Å². The highest BCUT2D eigenvalue weighted by Crippen LogP contribution is 2.41. The maximum absolute atomic E-state index is 6.10. The highest BCUT2D eigenvalue weighted by molar-refractivity contribution is 6.44. The van der Waals surface area contributed by atoms with Crippen molar-refractivity contribution in [3.8, 4) is 11.5 Å². The standard InChI is InChI=1S/C13H9Cl4NO/c1-6-4-10(11(16)12(17)13(6)18)19-9-3-2-7(14)5-8(9)15/h2-5H,18H2,1H3. The van der Waals surface area contributed by atoms with E-state index in [9.17, 15) is 0 Å². The molecule has 0 radical (unpaired) electrons. The van der Waals surface area contributed by atoms with E-state index < -0.39 is 0 Å². The molecule has 0 unspecified atom stereocenters. The summed E-state index contributed by atoms with van der Waals surface area (Å²) in [5, 5.41) is 1.42. The minimum atomic E-state index is 0.246. The molecule has 0 saturated heterocycles. The van der Waals surface area contributed by atoms with E-state index in [4.69, 9.17) is 56.9 Å². The normalized spacial score (nSPS) is 10.6. The number of hydrogen-bond acceptors (Lipinski definition) is 2. The van der Waals surface area contributed by atoms with Crippen LogP contribution in [0.25, 0.3) is 0 Å². The molecule has 0 atom stereocenters. The highest BCUT2D eigenvalue weighted by atomic mass is 35.5. The SMILES string of the molecule is Cc1cc(Oc2ccc(Cl)cc2Cl)c(Cl)c(Cl)c1N. The molecule has 2 aromatic carbocycles. The van der Waals surface area contributed by atoms with Crippen LogP contribution in [-0.2, 0) is 0 Å². The third-order valence-corrected chi connectivity index (χ3v) is 3.93. The van der Waals surface area contributed by atoms with E-state index in [0.717, 1.165) is 5.56 Å². The minimum absolute atomic E-state index is 0.246. The molecule has 100 valence electrons. The molecule has 0 aliphatic heterocycles. The molecule has 0 aliphatic rings. The predicted molar refractivity (Wildman–Crippen MR) is 82.1 cm³/mol. The quantitative estimate of drug-likeness (QED) is 0.684. The molecule has 2 aromatic rings. The molecule has 0 bridgehead atoms. The Morgan fingerprint density at radius 2 is 1.63 bits per heavy atom. The van der Waals surface area contributed by atoms with Gasteiger partial charge in [0.15, 0.2) is 0 Å². The van der Waals surface area contributed by atoms with E-state index in [2.05, 4.69) is 0 Å². The first-order chi connectivity index (χ1) is 8.90. The van der Waals surface area contributed by atoms with Crippen molar-refractivity contribution in [1.82, 2.24) is 0 Å². The van der Waals surface area contributed by atoms with Crippen LogP contribution in [-0.4, -0.2) is 0 Å². The maximum Gasteiger partial charge on any atom is 0.148 e. The van der Waals surface area contributed by atoms with E-state index >= 15 is 0 Å². The van der Waals surface area contributed by atoms with Gasteiger partial charge in [-0.3, -0.25) is 0 Å². The van der Waals surface area contributed by atoms with Crippen molar-refractivity contribution >= 4 is 52.1 Å². The zero-order chi connectivity index (χ0) is 14.2. The van der Waals surface area contributed by atoms with Crippen molar-refractivity contribution in [1.29, 1.82) is 0 Å². The second kappa shape index (κ2) is 5.68. The lowest BCUT2D eigenvalue weighted by Crippen LogP contribution is -1.94. The Balaban J connectivity index is 2.44. The fourth-order valence-electron chi connectivity index (χ4n) is 1.49. The average molecular weight is 337 g/mol. The van der Waals surface area contributed by atoms with Crippen LogP contribution in [0.1, 0.15) is 5.56 Å². The summed E-state index contributed by atoms with van der Waals surface area (Å²) in [4.78, 5) is 0.